The molecule has 37 heavy (non-hydrogen) atoms. The van der Waals surface area contributed by atoms with Crippen LogP contribution in [0.1, 0.15) is 35.2 Å². The molecule has 1 atom stereocenters. The summed E-state index contributed by atoms with van der Waals surface area (Å²) in [5.41, 5.74) is 4.31. The molecule has 2 fully saturated rings. The molecular weight excluding hydrogens is 471 g/mol. The number of fused-ring (bicyclic) bond motifs is 1. The fraction of sp³-hybridized carbons (Fsp3) is 0.464. The van der Waals surface area contributed by atoms with Gasteiger partial charge in [-0.05, 0) is 57.5 Å². The zero-order valence-electron chi connectivity index (χ0n) is 21.5. The summed E-state index contributed by atoms with van der Waals surface area (Å²) in [5, 5.41) is 13.7. The van der Waals surface area contributed by atoms with E-state index in [-0.39, 0.29) is 23.8 Å². The van der Waals surface area contributed by atoms with E-state index in [0.717, 1.165) is 41.9 Å². The largest absolute Gasteiger partial charge is 0.475 e. The van der Waals surface area contributed by atoms with Crippen LogP contribution in [0.15, 0.2) is 30.9 Å². The first kappa shape index (κ1) is 25.0. The summed E-state index contributed by atoms with van der Waals surface area (Å²) >= 11 is 0. The van der Waals surface area contributed by atoms with E-state index in [0.29, 0.717) is 56.3 Å². The fourth-order valence-electron chi connectivity index (χ4n) is 5.58. The zero-order chi connectivity index (χ0) is 26.1. The molecule has 2 saturated heterocycles. The van der Waals surface area contributed by atoms with Crippen molar-refractivity contribution in [3.8, 4) is 11.9 Å². The minimum atomic E-state index is -0.252. The van der Waals surface area contributed by atoms with Crippen LogP contribution in [0.5, 0.6) is 5.88 Å². The summed E-state index contributed by atoms with van der Waals surface area (Å²) in [6.45, 7) is 9.05. The number of nitrogens with one attached hydrogen (secondary N) is 1. The lowest BCUT2D eigenvalue weighted by Gasteiger charge is -2.40. The van der Waals surface area contributed by atoms with E-state index in [1.54, 1.807) is 11.0 Å². The summed E-state index contributed by atoms with van der Waals surface area (Å²) in [6.07, 6.45) is 4.10. The number of amides is 1. The number of anilines is 2. The minimum absolute atomic E-state index is 0.0168. The molecule has 0 aliphatic carbocycles. The van der Waals surface area contributed by atoms with Crippen molar-refractivity contribution in [2.45, 2.75) is 44.8 Å². The summed E-state index contributed by atoms with van der Waals surface area (Å²) < 4.78 is 21.0. The number of para-hydroxylation sites is 1. The van der Waals surface area contributed by atoms with Crippen molar-refractivity contribution in [2.75, 3.05) is 50.1 Å². The Bertz CT molecular complexity index is 1230. The predicted octanol–water partition coefficient (Wildman–Crippen LogP) is 3.25. The van der Waals surface area contributed by atoms with Gasteiger partial charge in [0.1, 0.15) is 24.1 Å². The Morgan fingerprint density at radius 1 is 1.38 bits per heavy atom. The van der Waals surface area contributed by atoms with E-state index in [2.05, 4.69) is 29.9 Å². The van der Waals surface area contributed by atoms with Crippen LogP contribution in [0.25, 0.3) is 0 Å². The molecule has 4 heterocycles. The standard InChI is InChI=1S/C28H33FN6O2/c1-4-25(36)35-14-19(15-35)31-26-21-10-12-34(27-18(2)7-5-9-23(27)29)16-24(21)32-28(22(26)13-30)37-17-20-8-6-11-33(20)3/h4-5,7,9,19-20H,1,6,8,10-12,14-17H2,2-3H3,(H,31,32). The molecule has 3 aliphatic heterocycles. The normalized spacial score (nSPS) is 19.7. The first-order valence-electron chi connectivity index (χ1n) is 12.9. The number of aryl methyl sites for hydroxylation is 1. The fourth-order valence-corrected chi connectivity index (χ4v) is 5.58. The van der Waals surface area contributed by atoms with Crippen molar-refractivity contribution >= 4 is 17.3 Å². The molecule has 0 radical (unpaired) electrons. The third-order valence-electron chi connectivity index (χ3n) is 7.74. The number of halogens is 1. The van der Waals surface area contributed by atoms with Crippen LogP contribution in [-0.4, -0.2) is 72.6 Å². The second-order valence-corrected chi connectivity index (χ2v) is 10.2. The Balaban J connectivity index is 1.46. The second-order valence-electron chi connectivity index (χ2n) is 10.2. The van der Waals surface area contributed by atoms with E-state index in [9.17, 15) is 14.4 Å². The van der Waals surface area contributed by atoms with Crippen LogP contribution < -0.4 is 15.0 Å². The molecule has 1 unspecified atom stereocenters. The number of nitrogens with zero attached hydrogens (tertiary/aromatic N) is 5. The first-order chi connectivity index (χ1) is 17.9. The first-order valence-corrected chi connectivity index (χ1v) is 12.9. The number of carbonyl (C=O) groups excluding carboxylic acids is 1. The van der Waals surface area contributed by atoms with Crippen molar-refractivity contribution < 1.29 is 13.9 Å². The molecule has 0 saturated carbocycles. The Kier molecular flexibility index (Phi) is 7.02. The van der Waals surface area contributed by atoms with Gasteiger partial charge in [0.25, 0.3) is 0 Å². The van der Waals surface area contributed by atoms with Crippen LogP contribution in [0, 0.1) is 24.1 Å². The number of benzene rings is 1. The highest BCUT2D eigenvalue weighted by molar-refractivity contribution is 5.88. The highest BCUT2D eigenvalue weighted by Crippen LogP contribution is 2.37. The minimum Gasteiger partial charge on any atom is -0.475 e. The summed E-state index contributed by atoms with van der Waals surface area (Å²) in [5.74, 6) is -0.0388. The maximum absolute atomic E-state index is 14.8. The quantitative estimate of drug-likeness (QED) is 0.580. The molecule has 8 nitrogen and oxygen atoms in total. The van der Waals surface area contributed by atoms with Crippen molar-refractivity contribution in [3.05, 3.63) is 59.1 Å². The number of hydrogen-bond acceptors (Lipinski definition) is 7. The molecule has 1 aromatic heterocycles. The van der Waals surface area contributed by atoms with Crippen LogP contribution in [0.4, 0.5) is 15.8 Å². The number of ether oxygens (including phenoxy) is 1. The van der Waals surface area contributed by atoms with Gasteiger partial charge in [-0.15, -0.1) is 0 Å². The molecule has 9 heteroatoms. The lowest BCUT2D eigenvalue weighted by Crippen LogP contribution is -2.56. The Hall–Kier alpha value is -3.64. The maximum Gasteiger partial charge on any atom is 0.246 e. The van der Waals surface area contributed by atoms with E-state index in [1.165, 1.54) is 12.1 Å². The van der Waals surface area contributed by atoms with Gasteiger partial charge >= 0.3 is 0 Å². The summed E-state index contributed by atoms with van der Waals surface area (Å²) in [6, 6.07) is 7.74. The lowest BCUT2D eigenvalue weighted by atomic mass is 9.97. The molecule has 0 bridgehead atoms. The van der Waals surface area contributed by atoms with E-state index >= 15 is 0 Å². The monoisotopic (exact) mass is 504 g/mol. The van der Waals surface area contributed by atoms with Crippen LogP contribution in [0.3, 0.4) is 0 Å². The number of likely N-dealkylation sites (N-methyl/N-ethyl adjacent to an activating group) is 1. The smallest absolute Gasteiger partial charge is 0.246 e. The number of pyridine rings is 1. The average molecular weight is 505 g/mol. The van der Waals surface area contributed by atoms with Crippen molar-refractivity contribution in [2.24, 2.45) is 0 Å². The molecule has 1 aromatic carbocycles. The van der Waals surface area contributed by atoms with Crippen molar-refractivity contribution in [1.82, 2.24) is 14.8 Å². The lowest BCUT2D eigenvalue weighted by molar-refractivity contribution is -0.129. The van der Waals surface area contributed by atoms with Gasteiger partial charge in [-0.3, -0.25) is 4.79 Å². The van der Waals surface area contributed by atoms with Gasteiger partial charge in [0.15, 0.2) is 0 Å². The van der Waals surface area contributed by atoms with Gasteiger partial charge in [0.2, 0.25) is 11.8 Å². The van der Waals surface area contributed by atoms with E-state index in [4.69, 9.17) is 9.72 Å². The molecular formula is C28H33FN6O2. The molecule has 3 aliphatic rings. The highest BCUT2D eigenvalue weighted by Gasteiger charge is 2.34. The third kappa shape index (κ3) is 4.86. The number of aromatic nitrogens is 1. The third-order valence-corrected chi connectivity index (χ3v) is 7.74. The zero-order valence-corrected chi connectivity index (χ0v) is 21.5. The van der Waals surface area contributed by atoms with Crippen molar-refractivity contribution in [1.29, 1.82) is 5.26 Å². The van der Waals surface area contributed by atoms with Gasteiger partial charge in [-0.25, -0.2) is 9.37 Å². The van der Waals surface area contributed by atoms with Crippen LogP contribution in [-0.2, 0) is 17.8 Å². The molecule has 0 spiro atoms. The van der Waals surface area contributed by atoms with Gasteiger partial charge < -0.3 is 24.8 Å². The van der Waals surface area contributed by atoms with Crippen LogP contribution in [0.2, 0.25) is 0 Å². The summed E-state index contributed by atoms with van der Waals surface area (Å²) in [4.78, 5) is 22.7. The number of hydrogen-bond donors (Lipinski definition) is 1. The SMILES string of the molecule is C=CC(=O)N1CC(Nc2c(C#N)c(OCC3CCCN3C)nc3c2CCN(c2c(C)cccc2F)C3)C1. The van der Waals surface area contributed by atoms with E-state index < -0.39 is 0 Å². The van der Waals surface area contributed by atoms with Crippen LogP contribution >= 0.6 is 0 Å². The van der Waals surface area contributed by atoms with Gasteiger partial charge in [-0.1, -0.05) is 18.7 Å². The average Bonchev–Trinajstić information content (AvgIpc) is 3.28. The maximum atomic E-state index is 14.8. The molecule has 1 N–H and O–H groups in total. The molecule has 5 rings (SSSR count). The number of rotatable bonds is 7. The second kappa shape index (κ2) is 10.4. The number of carbonyl (C=O) groups is 1. The van der Waals surface area contributed by atoms with Gasteiger partial charge in [-0.2, -0.15) is 5.26 Å². The van der Waals surface area contributed by atoms with Gasteiger partial charge in [0, 0.05) is 31.2 Å². The topological polar surface area (TPSA) is 84.7 Å². The van der Waals surface area contributed by atoms with E-state index in [1.807, 2.05) is 17.9 Å². The number of nitriles is 1. The Morgan fingerprint density at radius 2 is 2.19 bits per heavy atom. The van der Waals surface area contributed by atoms with Crippen molar-refractivity contribution in [3.63, 3.8) is 0 Å². The Labute approximate surface area is 217 Å². The molecule has 2 aromatic rings. The molecule has 194 valence electrons. The number of likely N-dealkylation sites (tertiary alicyclic amines) is 2. The Morgan fingerprint density at radius 3 is 2.86 bits per heavy atom. The highest BCUT2D eigenvalue weighted by atomic mass is 19.1. The predicted molar refractivity (Wildman–Crippen MR) is 140 cm³/mol. The van der Waals surface area contributed by atoms with Gasteiger partial charge in [0.05, 0.1) is 29.7 Å². The summed E-state index contributed by atoms with van der Waals surface area (Å²) in [7, 11) is 2.08. The molecule has 1 amide bonds.